The van der Waals surface area contributed by atoms with E-state index in [0.717, 1.165) is 30.5 Å². The minimum absolute atomic E-state index is 0.434. The highest BCUT2D eigenvalue weighted by atomic mass is 35.5. The van der Waals surface area contributed by atoms with Crippen molar-refractivity contribution in [2.75, 3.05) is 18.0 Å². The average Bonchev–Trinajstić information content (AvgIpc) is 2.65. The number of anilines is 1. The summed E-state index contributed by atoms with van der Waals surface area (Å²) in [6.45, 7) is 4.45. The van der Waals surface area contributed by atoms with Gasteiger partial charge in [-0.25, -0.2) is 0 Å². The first kappa shape index (κ1) is 9.71. The molecular weight excluding hydrogens is 198 g/mol. The second-order valence-corrected chi connectivity index (χ2v) is 4.12. The summed E-state index contributed by atoms with van der Waals surface area (Å²) in [6, 6.07) is 3.95. The van der Waals surface area contributed by atoms with Crippen LogP contribution in [0.2, 0.25) is 0 Å². The van der Waals surface area contributed by atoms with Gasteiger partial charge in [-0.2, -0.15) is 5.10 Å². The molecule has 1 aromatic heterocycles. The van der Waals surface area contributed by atoms with Gasteiger partial charge in [0.1, 0.15) is 0 Å². The second kappa shape index (κ2) is 4.13. The molecule has 1 fully saturated rings. The predicted octanol–water partition coefficient (Wildman–Crippen LogP) is 2.06. The fraction of sp³-hybridized carbons (Fsp3) is 0.600. The first-order valence-electron chi connectivity index (χ1n) is 4.93. The fourth-order valence-electron chi connectivity index (χ4n) is 1.74. The zero-order valence-corrected chi connectivity index (χ0v) is 9.04. The van der Waals surface area contributed by atoms with E-state index in [-0.39, 0.29) is 0 Å². The molecule has 1 aliphatic heterocycles. The highest BCUT2D eigenvalue weighted by Gasteiger charge is 2.19. The van der Waals surface area contributed by atoms with Gasteiger partial charge in [-0.1, -0.05) is 6.92 Å². The summed E-state index contributed by atoms with van der Waals surface area (Å²) in [4.78, 5) is 2.27. The van der Waals surface area contributed by atoms with Crippen molar-refractivity contribution < 1.29 is 0 Å². The zero-order valence-electron chi connectivity index (χ0n) is 8.28. The molecule has 4 heteroatoms. The Bertz CT molecular complexity index is 299. The third kappa shape index (κ3) is 1.98. The van der Waals surface area contributed by atoms with Crippen LogP contribution in [0, 0.1) is 5.92 Å². The monoisotopic (exact) mass is 211 g/mol. The molecule has 1 unspecified atom stereocenters. The van der Waals surface area contributed by atoms with Crippen LogP contribution in [0.15, 0.2) is 12.1 Å². The summed E-state index contributed by atoms with van der Waals surface area (Å²) in [5, 5.41) is 8.20. The van der Waals surface area contributed by atoms with E-state index >= 15 is 0 Å². The molecule has 0 bridgehead atoms. The van der Waals surface area contributed by atoms with Crippen LogP contribution in [0.1, 0.15) is 19.0 Å². The van der Waals surface area contributed by atoms with Gasteiger partial charge in [0.15, 0.2) is 5.82 Å². The summed E-state index contributed by atoms with van der Waals surface area (Å²) in [5.74, 6) is 2.18. The van der Waals surface area contributed by atoms with Crippen LogP contribution in [0.25, 0.3) is 0 Å². The number of aromatic nitrogens is 2. The Morgan fingerprint density at radius 1 is 1.50 bits per heavy atom. The van der Waals surface area contributed by atoms with Crippen molar-refractivity contribution in [2.45, 2.75) is 19.2 Å². The van der Waals surface area contributed by atoms with Crippen molar-refractivity contribution in [3.63, 3.8) is 0 Å². The Labute approximate surface area is 89.1 Å². The van der Waals surface area contributed by atoms with Crippen molar-refractivity contribution in [1.82, 2.24) is 10.2 Å². The normalized spacial score (nSPS) is 21.6. The van der Waals surface area contributed by atoms with E-state index in [1.54, 1.807) is 0 Å². The molecule has 0 amide bonds. The summed E-state index contributed by atoms with van der Waals surface area (Å²) in [6.07, 6.45) is 1.25. The van der Waals surface area contributed by atoms with E-state index in [2.05, 4.69) is 22.0 Å². The van der Waals surface area contributed by atoms with Gasteiger partial charge in [0.05, 0.1) is 11.6 Å². The molecule has 1 saturated heterocycles. The van der Waals surface area contributed by atoms with Gasteiger partial charge in [0, 0.05) is 13.1 Å². The molecule has 14 heavy (non-hydrogen) atoms. The second-order valence-electron chi connectivity index (χ2n) is 3.86. The predicted molar refractivity (Wildman–Crippen MR) is 57.6 cm³/mol. The van der Waals surface area contributed by atoms with Gasteiger partial charge in [0.2, 0.25) is 0 Å². The molecule has 1 aromatic rings. The smallest absolute Gasteiger partial charge is 0.151 e. The lowest BCUT2D eigenvalue weighted by Gasteiger charge is -2.15. The standard InChI is InChI=1S/C10H14ClN3/c1-8-4-5-14(7-8)10-3-2-9(6-11)12-13-10/h2-3,8H,4-7H2,1H3. The molecule has 2 rings (SSSR count). The van der Waals surface area contributed by atoms with Gasteiger partial charge in [-0.3, -0.25) is 0 Å². The first-order chi connectivity index (χ1) is 6.79. The third-order valence-corrected chi connectivity index (χ3v) is 2.86. The van der Waals surface area contributed by atoms with Gasteiger partial charge < -0.3 is 4.90 Å². The number of halogens is 1. The van der Waals surface area contributed by atoms with Gasteiger partial charge in [0.25, 0.3) is 0 Å². The van der Waals surface area contributed by atoms with Crippen LogP contribution in [0.4, 0.5) is 5.82 Å². The van der Waals surface area contributed by atoms with E-state index in [4.69, 9.17) is 11.6 Å². The molecular formula is C10H14ClN3. The van der Waals surface area contributed by atoms with Crippen LogP contribution < -0.4 is 4.90 Å². The summed E-state index contributed by atoms with van der Waals surface area (Å²) in [5.41, 5.74) is 0.836. The highest BCUT2D eigenvalue weighted by molar-refractivity contribution is 6.16. The van der Waals surface area contributed by atoms with E-state index in [1.165, 1.54) is 6.42 Å². The minimum Gasteiger partial charge on any atom is -0.355 e. The van der Waals surface area contributed by atoms with Crippen molar-refractivity contribution in [3.8, 4) is 0 Å². The molecule has 0 radical (unpaired) electrons. The Hall–Kier alpha value is -0.830. The largest absolute Gasteiger partial charge is 0.355 e. The maximum Gasteiger partial charge on any atom is 0.151 e. The maximum absolute atomic E-state index is 5.65. The lowest BCUT2D eigenvalue weighted by atomic mass is 10.2. The van der Waals surface area contributed by atoms with Crippen LogP contribution >= 0.6 is 11.6 Å². The van der Waals surface area contributed by atoms with Crippen molar-refractivity contribution >= 4 is 17.4 Å². The van der Waals surface area contributed by atoms with Crippen molar-refractivity contribution in [2.24, 2.45) is 5.92 Å². The maximum atomic E-state index is 5.65. The van der Waals surface area contributed by atoms with E-state index < -0.39 is 0 Å². The van der Waals surface area contributed by atoms with Crippen LogP contribution in [-0.4, -0.2) is 23.3 Å². The SMILES string of the molecule is CC1CCN(c2ccc(CCl)nn2)C1. The lowest BCUT2D eigenvalue weighted by molar-refractivity contribution is 0.658. The Morgan fingerprint density at radius 3 is 2.86 bits per heavy atom. The topological polar surface area (TPSA) is 29.0 Å². The molecule has 1 atom stereocenters. The van der Waals surface area contributed by atoms with Crippen molar-refractivity contribution in [3.05, 3.63) is 17.8 Å². The van der Waals surface area contributed by atoms with Gasteiger partial charge in [-0.05, 0) is 24.5 Å². The molecule has 76 valence electrons. The van der Waals surface area contributed by atoms with Crippen LogP contribution in [-0.2, 0) is 5.88 Å². The number of alkyl halides is 1. The number of hydrogen-bond acceptors (Lipinski definition) is 3. The highest BCUT2D eigenvalue weighted by Crippen LogP contribution is 2.20. The fourth-order valence-corrected chi connectivity index (χ4v) is 1.88. The quantitative estimate of drug-likeness (QED) is 0.702. The summed E-state index contributed by atoms with van der Waals surface area (Å²) in [7, 11) is 0. The first-order valence-corrected chi connectivity index (χ1v) is 5.46. The van der Waals surface area contributed by atoms with Gasteiger partial charge >= 0.3 is 0 Å². The Kier molecular flexibility index (Phi) is 2.87. The van der Waals surface area contributed by atoms with Crippen LogP contribution in [0.5, 0.6) is 0 Å². The minimum atomic E-state index is 0.434. The van der Waals surface area contributed by atoms with E-state index in [0.29, 0.717) is 5.88 Å². The molecule has 0 aliphatic carbocycles. The summed E-state index contributed by atoms with van der Waals surface area (Å²) >= 11 is 5.65. The van der Waals surface area contributed by atoms with Crippen molar-refractivity contribution in [1.29, 1.82) is 0 Å². The number of hydrogen-bond donors (Lipinski definition) is 0. The average molecular weight is 212 g/mol. The van der Waals surface area contributed by atoms with Crippen LogP contribution in [0.3, 0.4) is 0 Å². The molecule has 0 aromatic carbocycles. The molecule has 0 N–H and O–H groups in total. The number of rotatable bonds is 2. The molecule has 0 spiro atoms. The third-order valence-electron chi connectivity index (χ3n) is 2.59. The lowest BCUT2D eigenvalue weighted by Crippen LogP contribution is -2.20. The Balaban J connectivity index is 2.09. The summed E-state index contributed by atoms with van der Waals surface area (Å²) < 4.78 is 0. The Morgan fingerprint density at radius 2 is 2.36 bits per heavy atom. The molecule has 0 saturated carbocycles. The van der Waals surface area contributed by atoms with E-state index in [1.807, 2.05) is 12.1 Å². The molecule has 2 heterocycles. The van der Waals surface area contributed by atoms with E-state index in [9.17, 15) is 0 Å². The molecule has 1 aliphatic rings. The van der Waals surface area contributed by atoms with Gasteiger partial charge in [-0.15, -0.1) is 16.7 Å². The number of nitrogens with zero attached hydrogens (tertiary/aromatic N) is 3. The zero-order chi connectivity index (χ0) is 9.97. The molecule has 3 nitrogen and oxygen atoms in total.